The third-order valence-corrected chi connectivity index (χ3v) is 1.01. The molecule has 4 nitrogen and oxygen atoms in total. The summed E-state index contributed by atoms with van der Waals surface area (Å²) >= 11 is 0. The van der Waals surface area contributed by atoms with E-state index in [2.05, 4.69) is 15.3 Å². The number of hydrogen-bond donors (Lipinski definition) is 2. The van der Waals surface area contributed by atoms with E-state index in [1.165, 1.54) is 6.26 Å². The minimum absolute atomic E-state index is 0.149. The number of nitrogens with one attached hydrogen (secondary N) is 1. The molecule has 0 saturated carbocycles. The van der Waals surface area contributed by atoms with Crippen molar-refractivity contribution in [2.24, 2.45) is 10.9 Å². The van der Waals surface area contributed by atoms with E-state index in [-0.39, 0.29) is 6.04 Å². The van der Waals surface area contributed by atoms with Crippen LogP contribution in [0.15, 0.2) is 29.8 Å². The SMILES string of the molecule is C/C=N/O/C=C/C(N)/C=C/NC. The maximum Gasteiger partial charge on any atom is 0.120 e. The first-order valence-corrected chi connectivity index (χ1v) is 3.71. The van der Waals surface area contributed by atoms with Crippen LogP contribution in [0.3, 0.4) is 0 Å². The Morgan fingerprint density at radius 1 is 1.50 bits per heavy atom. The van der Waals surface area contributed by atoms with E-state index < -0.39 is 0 Å². The van der Waals surface area contributed by atoms with Crippen molar-refractivity contribution in [2.45, 2.75) is 13.0 Å². The maximum atomic E-state index is 5.60. The average molecular weight is 169 g/mol. The van der Waals surface area contributed by atoms with Gasteiger partial charge in [0.2, 0.25) is 0 Å². The molecule has 0 spiro atoms. The third-order valence-electron chi connectivity index (χ3n) is 1.01. The Balaban J connectivity index is 3.59. The van der Waals surface area contributed by atoms with Crippen LogP contribution in [0.2, 0.25) is 0 Å². The highest BCUT2D eigenvalue weighted by Crippen LogP contribution is 1.85. The Labute approximate surface area is 72.8 Å². The first-order chi connectivity index (χ1) is 5.81. The molecule has 0 radical (unpaired) electrons. The lowest BCUT2D eigenvalue weighted by molar-refractivity contribution is 0.269. The second-order valence-electron chi connectivity index (χ2n) is 2.02. The molecule has 68 valence electrons. The van der Waals surface area contributed by atoms with E-state index >= 15 is 0 Å². The van der Waals surface area contributed by atoms with Crippen molar-refractivity contribution < 1.29 is 4.84 Å². The van der Waals surface area contributed by atoms with Crippen molar-refractivity contribution in [2.75, 3.05) is 7.05 Å². The van der Waals surface area contributed by atoms with Crippen molar-refractivity contribution in [3.05, 3.63) is 24.6 Å². The number of nitrogens with two attached hydrogens (primary N) is 1. The topological polar surface area (TPSA) is 59.6 Å². The predicted molar refractivity (Wildman–Crippen MR) is 50.6 cm³/mol. The lowest BCUT2D eigenvalue weighted by Gasteiger charge is -1.96. The van der Waals surface area contributed by atoms with Gasteiger partial charge in [-0.2, -0.15) is 0 Å². The van der Waals surface area contributed by atoms with Gasteiger partial charge in [-0.15, -0.1) is 0 Å². The fourth-order valence-electron chi connectivity index (χ4n) is 0.493. The summed E-state index contributed by atoms with van der Waals surface area (Å²) in [5, 5.41) is 6.35. The van der Waals surface area contributed by atoms with Gasteiger partial charge in [0.05, 0.1) is 0 Å². The zero-order valence-corrected chi connectivity index (χ0v) is 7.40. The molecule has 0 aromatic rings. The summed E-state index contributed by atoms with van der Waals surface area (Å²) in [6.45, 7) is 1.77. The molecule has 0 saturated heterocycles. The van der Waals surface area contributed by atoms with Gasteiger partial charge in [0.15, 0.2) is 0 Å². The molecule has 0 aromatic carbocycles. The second kappa shape index (κ2) is 7.81. The summed E-state index contributed by atoms with van der Waals surface area (Å²) in [5.41, 5.74) is 5.60. The number of hydrogen-bond acceptors (Lipinski definition) is 4. The number of rotatable bonds is 5. The van der Waals surface area contributed by atoms with Crippen LogP contribution >= 0.6 is 0 Å². The van der Waals surface area contributed by atoms with Crippen LogP contribution in [0.25, 0.3) is 0 Å². The molecule has 0 aliphatic carbocycles. The first-order valence-electron chi connectivity index (χ1n) is 3.71. The lowest BCUT2D eigenvalue weighted by Crippen LogP contribution is -2.14. The molecule has 0 fully saturated rings. The lowest BCUT2D eigenvalue weighted by atomic mass is 10.3. The Morgan fingerprint density at radius 3 is 2.83 bits per heavy atom. The summed E-state index contributed by atoms with van der Waals surface area (Å²) in [4.78, 5) is 4.69. The van der Waals surface area contributed by atoms with Crippen LogP contribution in [-0.4, -0.2) is 19.3 Å². The van der Waals surface area contributed by atoms with Crippen molar-refractivity contribution in [3.8, 4) is 0 Å². The molecule has 1 unspecified atom stereocenters. The summed E-state index contributed by atoms with van der Waals surface area (Å²) in [5.74, 6) is 0. The minimum Gasteiger partial charge on any atom is -0.394 e. The quantitative estimate of drug-likeness (QED) is 0.359. The van der Waals surface area contributed by atoms with Gasteiger partial charge in [-0.05, 0) is 25.3 Å². The van der Waals surface area contributed by atoms with Crippen LogP contribution in [0.1, 0.15) is 6.92 Å². The minimum atomic E-state index is -0.149. The largest absolute Gasteiger partial charge is 0.394 e. The van der Waals surface area contributed by atoms with Gasteiger partial charge in [-0.3, -0.25) is 0 Å². The average Bonchev–Trinajstić information content (AvgIpc) is 2.09. The highest BCUT2D eigenvalue weighted by atomic mass is 16.6. The smallest absolute Gasteiger partial charge is 0.120 e. The molecule has 0 aliphatic heterocycles. The fraction of sp³-hybridized carbons (Fsp3) is 0.375. The number of nitrogens with zero attached hydrogens (tertiary/aromatic N) is 1. The second-order valence-corrected chi connectivity index (χ2v) is 2.02. The maximum absolute atomic E-state index is 5.60. The van der Waals surface area contributed by atoms with Crippen LogP contribution in [0.4, 0.5) is 0 Å². The standard InChI is InChI=1S/C8H15N3O/c1-3-11-12-7-5-8(9)4-6-10-2/h3-8,10H,9H2,1-2H3/b6-4+,7-5+,11-3+. The molecule has 0 heterocycles. The van der Waals surface area contributed by atoms with E-state index in [1.54, 1.807) is 31.5 Å². The van der Waals surface area contributed by atoms with Crippen LogP contribution in [0.5, 0.6) is 0 Å². The van der Waals surface area contributed by atoms with Crippen molar-refractivity contribution in [1.29, 1.82) is 0 Å². The van der Waals surface area contributed by atoms with Gasteiger partial charge in [0, 0.05) is 19.3 Å². The molecule has 0 rings (SSSR count). The molecule has 0 bridgehead atoms. The van der Waals surface area contributed by atoms with Gasteiger partial charge < -0.3 is 15.9 Å². The van der Waals surface area contributed by atoms with Gasteiger partial charge in [-0.25, -0.2) is 0 Å². The van der Waals surface area contributed by atoms with E-state index in [9.17, 15) is 0 Å². The molecule has 4 heteroatoms. The van der Waals surface area contributed by atoms with Crippen LogP contribution < -0.4 is 11.1 Å². The monoisotopic (exact) mass is 169 g/mol. The van der Waals surface area contributed by atoms with Crippen molar-refractivity contribution >= 4 is 6.21 Å². The van der Waals surface area contributed by atoms with Gasteiger partial charge in [-0.1, -0.05) is 5.16 Å². The molecule has 1 atom stereocenters. The first kappa shape index (κ1) is 10.7. The molecule has 0 aromatic heterocycles. The molecule has 0 amide bonds. The summed E-state index contributed by atoms with van der Waals surface area (Å²) in [7, 11) is 1.81. The van der Waals surface area contributed by atoms with E-state index in [4.69, 9.17) is 5.73 Å². The van der Waals surface area contributed by atoms with Crippen molar-refractivity contribution in [1.82, 2.24) is 5.32 Å². The Morgan fingerprint density at radius 2 is 2.25 bits per heavy atom. The third kappa shape index (κ3) is 6.82. The van der Waals surface area contributed by atoms with E-state index in [0.29, 0.717) is 0 Å². The van der Waals surface area contributed by atoms with Gasteiger partial charge in [0.25, 0.3) is 0 Å². The molecule has 12 heavy (non-hydrogen) atoms. The van der Waals surface area contributed by atoms with Gasteiger partial charge in [0.1, 0.15) is 6.26 Å². The summed E-state index contributed by atoms with van der Waals surface area (Å²) < 4.78 is 0. The fourth-order valence-corrected chi connectivity index (χ4v) is 0.493. The van der Waals surface area contributed by atoms with Crippen molar-refractivity contribution in [3.63, 3.8) is 0 Å². The van der Waals surface area contributed by atoms with Gasteiger partial charge >= 0.3 is 0 Å². The van der Waals surface area contributed by atoms with E-state index in [0.717, 1.165) is 0 Å². The molecule has 0 aliphatic rings. The highest BCUT2D eigenvalue weighted by Gasteiger charge is 1.86. The Hall–Kier alpha value is -1.29. The van der Waals surface area contributed by atoms with E-state index in [1.807, 2.05) is 7.05 Å². The Bertz CT molecular complexity index is 175. The van der Waals surface area contributed by atoms with Crippen LogP contribution in [0, 0.1) is 0 Å². The molecular formula is C8H15N3O. The van der Waals surface area contributed by atoms with Crippen LogP contribution in [-0.2, 0) is 4.84 Å². The summed E-state index contributed by atoms with van der Waals surface area (Å²) in [6, 6.07) is -0.149. The Kier molecular flexibility index (Phi) is 6.97. The number of oxime groups is 1. The summed E-state index contributed by atoms with van der Waals surface area (Å²) in [6.07, 6.45) is 8.26. The molecular weight excluding hydrogens is 154 g/mol. The normalized spacial score (nSPS) is 14.6. The zero-order chi connectivity index (χ0) is 9.23. The zero-order valence-electron chi connectivity index (χ0n) is 7.40. The molecule has 3 N–H and O–H groups in total. The predicted octanol–water partition coefficient (Wildman–Crippen LogP) is 0.583. The highest BCUT2D eigenvalue weighted by molar-refractivity contribution is 5.52.